The van der Waals surface area contributed by atoms with Gasteiger partial charge in [0.05, 0.1) is 24.2 Å². The van der Waals surface area contributed by atoms with E-state index in [2.05, 4.69) is 13.5 Å². The molecule has 0 amide bonds. The van der Waals surface area contributed by atoms with Crippen molar-refractivity contribution < 1.29 is 23.8 Å². The van der Waals surface area contributed by atoms with Gasteiger partial charge in [0.2, 0.25) is 0 Å². The number of ether oxygens (including phenoxy) is 2. The maximum atomic E-state index is 11.4. The van der Waals surface area contributed by atoms with E-state index in [0.29, 0.717) is 12.0 Å². The molecule has 0 bridgehead atoms. The molecule has 1 fully saturated rings. The van der Waals surface area contributed by atoms with Gasteiger partial charge in [-0.2, -0.15) is 0 Å². The van der Waals surface area contributed by atoms with Crippen LogP contribution >= 0.6 is 0 Å². The summed E-state index contributed by atoms with van der Waals surface area (Å²) in [5.41, 5.74) is 1.89. The van der Waals surface area contributed by atoms with Gasteiger partial charge >= 0.3 is 5.97 Å². The predicted octanol–water partition coefficient (Wildman–Crippen LogP) is 4.64. The molecule has 2 heterocycles. The van der Waals surface area contributed by atoms with Crippen molar-refractivity contribution in [2.75, 3.05) is 7.11 Å². The van der Waals surface area contributed by atoms with Gasteiger partial charge in [-0.1, -0.05) is 25.7 Å². The van der Waals surface area contributed by atoms with E-state index in [-0.39, 0.29) is 29.3 Å². The molecular weight excluding hydrogens is 332 g/mol. The first-order chi connectivity index (χ1) is 12.4. The molecule has 0 unspecified atom stereocenters. The molecule has 0 radical (unpaired) electrons. The Morgan fingerprint density at radius 3 is 2.92 bits per heavy atom. The summed E-state index contributed by atoms with van der Waals surface area (Å²) in [7, 11) is 1.66. The topological polar surface area (TPSA) is 68.9 Å². The Kier molecular flexibility index (Phi) is 5.49. The second-order valence-electron chi connectivity index (χ2n) is 7.41. The first kappa shape index (κ1) is 18.7. The van der Waals surface area contributed by atoms with Crippen LogP contribution in [0.4, 0.5) is 0 Å². The van der Waals surface area contributed by atoms with E-state index in [1.54, 1.807) is 25.7 Å². The fraction of sp³-hybridized carbons (Fsp3) is 0.476. The summed E-state index contributed by atoms with van der Waals surface area (Å²) in [5, 5.41) is 9.39. The first-order valence-electron chi connectivity index (χ1n) is 8.93. The van der Waals surface area contributed by atoms with Gasteiger partial charge in [-0.3, -0.25) is 0 Å². The van der Waals surface area contributed by atoms with Gasteiger partial charge in [-0.15, -0.1) is 0 Å². The molecule has 1 saturated heterocycles. The summed E-state index contributed by atoms with van der Waals surface area (Å²) in [6.07, 6.45) is 11.5. The average Bonchev–Trinajstić information content (AvgIpc) is 3.13. The molecule has 1 aromatic heterocycles. The van der Waals surface area contributed by atoms with Gasteiger partial charge in [0.1, 0.15) is 0 Å². The zero-order valence-electron chi connectivity index (χ0n) is 15.3. The normalized spacial score (nSPS) is 33.8. The predicted molar refractivity (Wildman–Crippen MR) is 97.4 cm³/mol. The van der Waals surface area contributed by atoms with Crippen LogP contribution in [-0.2, 0) is 14.3 Å². The third kappa shape index (κ3) is 3.69. The van der Waals surface area contributed by atoms with Gasteiger partial charge in [0.15, 0.2) is 6.29 Å². The summed E-state index contributed by atoms with van der Waals surface area (Å²) in [6.45, 7) is 6.24. The fourth-order valence-corrected chi connectivity index (χ4v) is 4.11. The summed E-state index contributed by atoms with van der Waals surface area (Å²) in [5.74, 6) is -0.795. The Balaban J connectivity index is 1.91. The van der Waals surface area contributed by atoms with Gasteiger partial charge in [-0.05, 0) is 48.8 Å². The lowest BCUT2D eigenvalue weighted by atomic mass is 9.66. The Bertz CT molecular complexity index is 715. The summed E-state index contributed by atoms with van der Waals surface area (Å²) in [4.78, 5) is 11.4. The lowest BCUT2D eigenvalue weighted by Gasteiger charge is -2.48. The van der Waals surface area contributed by atoms with E-state index in [0.717, 1.165) is 24.8 Å². The number of carboxylic acid groups (broad SMARTS) is 1. The summed E-state index contributed by atoms with van der Waals surface area (Å²) < 4.78 is 17.1. The van der Waals surface area contributed by atoms with Gasteiger partial charge in [0.25, 0.3) is 0 Å². The van der Waals surface area contributed by atoms with Crippen molar-refractivity contribution in [2.45, 2.75) is 45.0 Å². The van der Waals surface area contributed by atoms with E-state index in [4.69, 9.17) is 13.9 Å². The lowest BCUT2D eigenvalue weighted by Crippen LogP contribution is -2.45. The Labute approximate surface area is 154 Å². The molecule has 1 aliphatic carbocycles. The van der Waals surface area contributed by atoms with Crippen molar-refractivity contribution in [3.8, 4) is 0 Å². The Morgan fingerprint density at radius 1 is 1.46 bits per heavy atom. The first-order valence-corrected chi connectivity index (χ1v) is 8.93. The van der Waals surface area contributed by atoms with E-state index >= 15 is 0 Å². The number of carbonyl (C=O) groups is 1. The zero-order chi connectivity index (χ0) is 18.7. The molecule has 1 aromatic rings. The maximum absolute atomic E-state index is 11.4. The Hall–Kier alpha value is -2.11. The quantitative estimate of drug-likeness (QED) is 0.852. The highest BCUT2D eigenvalue weighted by Crippen LogP contribution is 2.51. The van der Waals surface area contributed by atoms with Crippen LogP contribution in [0.2, 0.25) is 0 Å². The average molecular weight is 358 g/mol. The van der Waals surface area contributed by atoms with Gasteiger partial charge < -0.3 is 19.0 Å². The molecule has 0 saturated carbocycles. The van der Waals surface area contributed by atoms with Crippen molar-refractivity contribution in [1.82, 2.24) is 0 Å². The highest BCUT2D eigenvalue weighted by Gasteiger charge is 2.46. The van der Waals surface area contributed by atoms with E-state index in [1.807, 2.05) is 18.2 Å². The molecule has 140 valence electrons. The molecule has 26 heavy (non-hydrogen) atoms. The standard InChI is InChI=1S/C21H26O5/c1-14-7-8-17-20(24-3)26-18(15-9-11-25-13-15)12-21(17,2)10-5-4-6-16(14)19(22)23/h4-6,9,11,13,17-18,20H,1,7-8,10,12H2,2-3H3,(H,22,23)/b5-4-,16-6?/t17-,18-,20+,21-/m0/s1. The zero-order valence-corrected chi connectivity index (χ0v) is 15.3. The molecular formula is C21H26O5. The monoisotopic (exact) mass is 358 g/mol. The highest BCUT2D eigenvalue weighted by molar-refractivity contribution is 5.91. The Morgan fingerprint density at radius 2 is 2.27 bits per heavy atom. The second kappa shape index (κ2) is 7.64. The van der Waals surface area contributed by atoms with Crippen LogP contribution in [0.3, 0.4) is 0 Å². The third-order valence-corrected chi connectivity index (χ3v) is 5.67. The van der Waals surface area contributed by atoms with E-state index < -0.39 is 5.97 Å². The van der Waals surface area contributed by atoms with E-state index in [9.17, 15) is 9.90 Å². The highest BCUT2D eigenvalue weighted by atomic mass is 16.7. The van der Waals surface area contributed by atoms with Crippen LogP contribution in [-0.4, -0.2) is 24.5 Å². The van der Waals surface area contributed by atoms with Crippen LogP contribution in [0.15, 0.2) is 59.0 Å². The van der Waals surface area contributed by atoms with Crippen LogP contribution in [0.5, 0.6) is 0 Å². The van der Waals surface area contributed by atoms with Crippen LogP contribution in [0.25, 0.3) is 0 Å². The largest absolute Gasteiger partial charge is 0.478 e. The van der Waals surface area contributed by atoms with E-state index in [1.165, 1.54) is 0 Å². The number of furan rings is 1. The molecule has 3 rings (SSSR count). The number of allylic oxidation sites excluding steroid dienone is 3. The second-order valence-corrected chi connectivity index (χ2v) is 7.41. The molecule has 5 heteroatoms. The van der Waals surface area contributed by atoms with Crippen LogP contribution in [0, 0.1) is 11.3 Å². The summed E-state index contributed by atoms with van der Waals surface area (Å²) >= 11 is 0. The number of rotatable bonds is 3. The lowest BCUT2D eigenvalue weighted by molar-refractivity contribution is -0.249. The fourth-order valence-electron chi connectivity index (χ4n) is 4.11. The van der Waals surface area contributed by atoms with Gasteiger partial charge in [0, 0.05) is 18.6 Å². The van der Waals surface area contributed by atoms with Crippen molar-refractivity contribution in [3.63, 3.8) is 0 Å². The summed E-state index contributed by atoms with van der Waals surface area (Å²) in [6, 6.07) is 1.93. The number of aliphatic carboxylic acids is 1. The number of hydrogen-bond donors (Lipinski definition) is 1. The van der Waals surface area contributed by atoms with Crippen molar-refractivity contribution >= 4 is 5.97 Å². The smallest absolute Gasteiger partial charge is 0.335 e. The van der Waals surface area contributed by atoms with Crippen LogP contribution in [0.1, 0.15) is 44.3 Å². The minimum Gasteiger partial charge on any atom is -0.478 e. The van der Waals surface area contributed by atoms with Crippen molar-refractivity contribution in [2.24, 2.45) is 11.3 Å². The number of hydrogen-bond acceptors (Lipinski definition) is 4. The molecule has 4 atom stereocenters. The van der Waals surface area contributed by atoms with Crippen molar-refractivity contribution in [3.05, 3.63) is 60.1 Å². The minimum atomic E-state index is -0.939. The number of fused-ring (bicyclic) bond motifs is 1. The molecule has 5 nitrogen and oxygen atoms in total. The molecule has 0 spiro atoms. The van der Waals surface area contributed by atoms with Crippen molar-refractivity contribution in [1.29, 1.82) is 0 Å². The number of carboxylic acids is 1. The molecule has 1 N–H and O–H groups in total. The third-order valence-electron chi connectivity index (χ3n) is 5.67. The molecule has 0 aromatic carbocycles. The van der Waals surface area contributed by atoms with Crippen LogP contribution < -0.4 is 0 Å². The molecule has 1 aliphatic heterocycles. The molecule has 2 aliphatic rings. The maximum Gasteiger partial charge on any atom is 0.335 e. The minimum absolute atomic E-state index is 0.0355. The number of methoxy groups -OCH3 is 1. The SMILES string of the molecule is C=C1CC[C@H]2[C@H](OC)O[C@H](c3ccoc3)C[C@]2(C)C/C=C\C=C1C(=O)O. The van der Waals surface area contributed by atoms with Gasteiger partial charge in [-0.25, -0.2) is 4.79 Å².